The summed E-state index contributed by atoms with van der Waals surface area (Å²) in [5, 5.41) is 10.0. The zero-order valence-corrected chi connectivity index (χ0v) is 15.7. The Morgan fingerprint density at radius 1 is 0.923 bits per heavy atom. The molecule has 2 aromatic carbocycles. The highest BCUT2D eigenvalue weighted by Gasteiger charge is 2.13. The Kier molecular flexibility index (Phi) is 5.55. The molecule has 0 aliphatic carbocycles. The molecule has 26 heavy (non-hydrogen) atoms. The van der Waals surface area contributed by atoms with E-state index in [-0.39, 0.29) is 5.82 Å². The van der Waals surface area contributed by atoms with E-state index in [1.807, 2.05) is 19.1 Å². The number of anilines is 1. The van der Waals surface area contributed by atoms with Crippen molar-refractivity contribution >= 4 is 17.6 Å². The molecule has 0 fully saturated rings. The van der Waals surface area contributed by atoms with Crippen LogP contribution in [0.15, 0.2) is 53.7 Å². The first-order valence-electron chi connectivity index (χ1n) is 8.35. The van der Waals surface area contributed by atoms with Crippen LogP contribution < -0.4 is 5.73 Å². The summed E-state index contributed by atoms with van der Waals surface area (Å²) >= 11 is 1.53. The Bertz CT molecular complexity index is 941. The largest absolute Gasteiger partial charge is 0.382 e. The number of thioether (sulfide) groups is 1. The van der Waals surface area contributed by atoms with Gasteiger partial charge in [0.1, 0.15) is 17.5 Å². The standard InChI is InChI=1S/C21H20N4S/c1-14-3-7-16(8-4-14)11-19-18(12-22)20(23)25-21(24-19)26-13-17-9-5-15(2)6-10-17/h3-10H,11,13H2,1-2H3,(H2,23,24,25). The van der Waals surface area contributed by atoms with Crippen molar-refractivity contribution in [2.75, 3.05) is 5.73 Å². The number of nitriles is 1. The lowest BCUT2D eigenvalue weighted by atomic mass is 10.0. The van der Waals surface area contributed by atoms with Gasteiger partial charge in [0.05, 0.1) is 5.69 Å². The van der Waals surface area contributed by atoms with Gasteiger partial charge in [0, 0.05) is 12.2 Å². The average molecular weight is 360 g/mol. The molecule has 0 aliphatic heterocycles. The summed E-state index contributed by atoms with van der Waals surface area (Å²) in [6.45, 7) is 4.12. The van der Waals surface area contributed by atoms with Crippen LogP contribution in [0.25, 0.3) is 0 Å². The first-order chi connectivity index (χ1) is 12.5. The first-order valence-corrected chi connectivity index (χ1v) is 9.34. The summed E-state index contributed by atoms with van der Waals surface area (Å²) in [5.74, 6) is 1.01. The van der Waals surface area contributed by atoms with Crippen LogP contribution in [0.2, 0.25) is 0 Å². The Morgan fingerprint density at radius 2 is 1.50 bits per heavy atom. The summed E-state index contributed by atoms with van der Waals surface area (Å²) in [5.41, 5.74) is 11.8. The normalized spacial score (nSPS) is 10.5. The van der Waals surface area contributed by atoms with Gasteiger partial charge < -0.3 is 5.73 Å². The molecule has 130 valence electrons. The molecule has 0 saturated carbocycles. The number of benzene rings is 2. The Labute approximate surface area is 158 Å². The summed E-state index contributed by atoms with van der Waals surface area (Å²) in [7, 11) is 0. The Morgan fingerprint density at radius 3 is 2.08 bits per heavy atom. The highest BCUT2D eigenvalue weighted by atomic mass is 32.2. The number of nitrogens with two attached hydrogens (primary N) is 1. The summed E-state index contributed by atoms with van der Waals surface area (Å²) in [6.07, 6.45) is 0.563. The van der Waals surface area contributed by atoms with Crippen molar-refractivity contribution in [2.24, 2.45) is 0 Å². The number of hydrogen-bond donors (Lipinski definition) is 1. The first kappa shape index (κ1) is 18.0. The van der Waals surface area contributed by atoms with Gasteiger partial charge in [0.2, 0.25) is 0 Å². The van der Waals surface area contributed by atoms with Crippen LogP contribution in [-0.4, -0.2) is 9.97 Å². The van der Waals surface area contributed by atoms with Crippen molar-refractivity contribution in [3.63, 3.8) is 0 Å². The van der Waals surface area contributed by atoms with Gasteiger partial charge in [0.25, 0.3) is 0 Å². The number of hydrogen-bond acceptors (Lipinski definition) is 5. The fourth-order valence-electron chi connectivity index (χ4n) is 2.55. The SMILES string of the molecule is Cc1ccc(CSc2nc(N)c(C#N)c(Cc3ccc(C)cc3)n2)cc1. The predicted molar refractivity (Wildman–Crippen MR) is 106 cm³/mol. The van der Waals surface area contributed by atoms with E-state index >= 15 is 0 Å². The van der Waals surface area contributed by atoms with Crippen LogP contribution in [0.4, 0.5) is 5.82 Å². The molecule has 0 unspecified atom stereocenters. The second kappa shape index (κ2) is 8.03. The summed E-state index contributed by atoms with van der Waals surface area (Å²) in [4.78, 5) is 8.90. The van der Waals surface area contributed by atoms with Gasteiger partial charge in [-0.1, -0.05) is 71.4 Å². The van der Waals surface area contributed by atoms with Gasteiger partial charge in [-0.3, -0.25) is 0 Å². The quantitative estimate of drug-likeness (QED) is 0.538. The number of aromatic nitrogens is 2. The van der Waals surface area contributed by atoms with Gasteiger partial charge in [0.15, 0.2) is 5.16 Å². The third-order valence-electron chi connectivity index (χ3n) is 4.08. The maximum atomic E-state index is 9.43. The van der Waals surface area contributed by atoms with E-state index in [4.69, 9.17) is 5.73 Å². The smallest absolute Gasteiger partial charge is 0.190 e. The Hall–Kier alpha value is -2.84. The van der Waals surface area contributed by atoms with E-state index in [2.05, 4.69) is 59.4 Å². The average Bonchev–Trinajstić information content (AvgIpc) is 2.63. The minimum Gasteiger partial charge on any atom is -0.382 e. The van der Waals surface area contributed by atoms with E-state index in [0.717, 1.165) is 11.3 Å². The molecular formula is C21H20N4S. The molecule has 0 radical (unpaired) electrons. The highest BCUT2D eigenvalue weighted by molar-refractivity contribution is 7.98. The molecule has 0 spiro atoms. The van der Waals surface area contributed by atoms with Crippen molar-refractivity contribution in [3.05, 3.63) is 82.0 Å². The molecule has 1 heterocycles. The van der Waals surface area contributed by atoms with Crippen LogP contribution in [0.3, 0.4) is 0 Å². The van der Waals surface area contributed by atoms with Crippen molar-refractivity contribution in [2.45, 2.75) is 31.2 Å². The molecule has 2 N–H and O–H groups in total. The number of nitrogen functional groups attached to an aromatic ring is 1. The van der Waals surface area contributed by atoms with E-state index < -0.39 is 0 Å². The van der Waals surface area contributed by atoms with Gasteiger partial charge in [-0.05, 0) is 25.0 Å². The topological polar surface area (TPSA) is 75.6 Å². The molecule has 3 aromatic rings. The molecular weight excluding hydrogens is 340 g/mol. The monoisotopic (exact) mass is 360 g/mol. The summed E-state index contributed by atoms with van der Waals surface area (Å²) < 4.78 is 0. The highest BCUT2D eigenvalue weighted by Crippen LogP contribution is 2.24. The fraction of sp³-hybridized carbons (Fsp3) is 0.190. The Balaban J connectivity index is 1.83. The van der Waals surface area contributed by atoms with Crippen LogP contribution in [0.5, 0.6) is 0 Å². The third kappa shape index (κ3) is 4.41. The number of aryl methyl sites for hydroxylation is 2. The molecule has 3 rings (SSSR count). The van der Waals surface area contributed by atoms with Crippen LogP contribution in [0, 0.1) is 25.2 Å². The van der Waals surface area contributed by atoms with E-state index in [1.165, 1.54) is 28.5 Å². The van der Waals surface area contributed by atoms with Crippen molar-refractivity contribution < 1.29 is 0 Å². The molecule has 5 heteroatoms. The van der Waals surface area contributed by atoms with Crippen LogP contribution >= 0.6 is 11.8 Å². The third-order valence-corrected chi connectivity index (χ3v) is 5.00. The van der Waals surface area contributed by atoms with Crippen LogP contribution in [0.1, 0.15) is 33.5 Å². The zero-order chi connectivity index (χ0) is 18.5. The minimum absolute atomic E-state index is 0.246. The van der Waals surface area contributed by atoms with Gasteiger partial charge in [-0.15, -0.1) is 0 Å². The van der Waals surface area contributed by atoms with Gasteiger partial charge in [-0.25, -0.2) is 9.97 Å². The maximum Gasteiger partial charge on any atom is 0.190 e. The molecule has 0 amide bonds. The lowest BCUT2D eigenvalue weighted by molar-refractivity contribution is 0.901. The predicted octanol–water partition coefficient (Wildman–Crippen LogP) is 4.43. The summed E-state index contributed by atoms with van der Waals surface area (Å²) in [6, 6.07) is 18.7. The fourth-order valence-corrected chi connectivity index (χ4v) is 3.37. The zero-order valence-electron chi connectivity index (χ0n) is 14.9. The minimum atomic E-state index is 0.246. The van der Waals surface area contributed by atoms with Crippen molar-refractivity contribution in [1.82, 2.24) is 9.97 Å². The molecule has 4 nitrogen and oxygen atoms in total. The van der Waals surface area contributed by atoms with E-state index in [0.29, 0.717) is 22.8 Å². The van der Waals surface area contributed by atoms with Crippen LogP contribution in [-0.2, 0) is 12.2 Å². The molecule has 0 aliphatic rings. The molecule has 1 aromatic heterocycles. The van der Waals surface area contributed by atoms with Crippen molar-refractivity contribution in [3.8, 4) is 6.07 Å². The number of rotatable bonds is 5. The molecule has 0 bridgehead atoms. The van der Waals surface area contributed by atoms with E-state index in [1.54, 1.807) is 0 Å². The lowest BCUT2D eigenvalue weighted by Crippen LogP contribution is -2.06. The van der Waals surface area contributed by atoms with Crippen molar-refractivity contribution in [1.29, 1.82) is 5.26 Å². The maximum absolute atomic E-state index is 9.43. The van der Waals surface area contributed by atoms with Gasteiger partial charge in [-0.2, -0.15) is 5.26 Å². The molecule has 0 saturated heterocycles. The van der Waals surface area contributed by atoms with Gasteiger partial charge >= 0.3 is 0 Å². The molecule has 0 atom stereocenters. The lowest BCUT2D eigenvalue weighted by Gasteiger charge is -2.09. The second-order valence-corrected chi connectivity index (χ2v) is 7.20. The second-order valence-electron chi connectivity index (χ2n) is 6.26. The van der Waals surface area contributed by atoms with E-state index in [9.17, 15) is 5.26 Å². The number of nitrogens with zero attached hydrogens (tertiary/aromatic N) is 3.